The Kier molecular flexibility index (Phi) is 10.0. The van der Waals surface area contributed by atoms with Gasteiger partial charge in [0, 0.05) is 26.2 Å². The molecular formula is C16H32Cl2N6O2. The molecule has 2 N–H and O–H groups in total. The molecule has 2 aliphatic rings. The highest BCUT2D eigenvalue weighted by Crippen LogP contribution is 2.24. The van der Waals surface area contributed by atoms with Gasteiger partial charge in [0.15, 0.2) is 0 Å². The second-order valence-corrected chi connectivity index (χ2v) is 7.15. The predicted molar refractivity (Wildman–Crippen MR) is 109 cm³/mol. The maximum atomic E-state index is 9.20. The lowest BCUT2D eigenvalue weighted by Crippen LogP contribution is -2.45. The molecule has 0 amide bonds. The van der Waals surface area contributed by atoms with Gasteiger partial charge in [0.2, 0.25) is 0 Å². The summed E-state index contributed by atoms with van der Waals surface area (Å²) in [5.74, 6) is 1.74. The number of hydrogen-bond donors (Lipinski definition) is 2. The number of halogens is 2. The second-order valence-electron chi connectivity index (χ2n) is 7.15. The van der Waals surface area contributed by atoms with Gasteiger partial charge in [-0.25, -0.2) is 0 Å². The SMILES string of the molecule is CC(C)(/N=N/C(C)(C)C1=NCCN1CCO)C1=NCCN1CCO.Cl.Cl. The summed E-state index contributed by atoms with van der Waals surface area (Å²) < 4.78 is 0. The normalized spacial score (nSPS) is 17.9. The molecule has 0 saturated heterocycles. The molecule has 0 unspecified atom stereocenters. The van der Waals surface area contributed by atoms with E-state index in [4.69, 9.17) is 0 Å². The molecule has 26 heavy (non-hydrogen) atoms. The van der Waals surface area contributed by atoms with E-state index in [2.05, 4.69) is 30.0 Å². The summed E-state index contributed by atoms with van der Waals surface area (Å²) in [6, 6.07) is 0. The van der Waals surface area contributed by atoms with Gasteiger partial charge in [0.05, 0.1) is 26.3 Å². The van der Waals surface area contributed by atoms with Crippen LogP contribution in [0.2, 0.25) is 0 Å². The molecule has 0 saturated carbocycles. The van der Waals surface area contributed by atoms with Crippen molar-refractivity contribution in [2.75, 3.05) is 52.5 Å². The third kappa shape index (κ3) is 5.77. The van der Waals surface area contributed by atoms with Gasteiger partial charge < -0.3 is 20.0 Å². The van der Waals surface area contributed by atoms with Gasteiger partial charge >= 0.3 is 0 Å². The zero-order valence-electron chi connectivity index (χ0n) is 16.1. The topological polar surface area (TPSA) is 96.4 Å². The minimum atomic E-state index is -0.552. The molecule has 0 aromatic heterocycles. The number of aliphatic imine (C=N–C) groups is 2. The van der Waals surface area contributed by atoms with E-state index in [9.17, 15) is 10.2 Å². The van der Waals surface area contributed by atoms with Crippen LogP contribution in [0.3, 0.4) is 0 Å². The summed E-state index contributed by atoms with van der Waals surface area (Å²) in [5, 5.41) is 27.6. The van der Waals surface area contributed by atoms with Gasteiger partial charge in [0.1, 0.15) is 22.7 Å². The van der Waals surface area contributed by atoms with Crippen LogP contribution in [0, 0.1) is 0 Å². The lowest BCUT2D eigenvalue weighted by molar-refractivity contribution is 0.250. The quantitative estimate of drug-likeness (QED) is 0.588. The molecule has 2 heterocycles. The van der Waals surface area contributed by atoms with Crippen molar-refractivity contribution < 1.29 is 10.2 Å². The molecular weight excluding hydrogens is 379 g/mol. The van der Waals surface area contributed by atoms with E-state index in [1.165, 1.54) is 0 Å². The standard InChI is InChI=1S/C16H30N6O2.2ClH/c1-15(2,13-17-5-7-21(13)9-11-23)19-20-16(3,4)14-18-6-8-22(14)10-12-24;;/h23-24H,5-12H2,1-4H3;2*1H/b20-19+;;. The zero-order valence-corrected chi connectivity index (χ0v) is 17.7. The molecule has 0 radical (unpaired) electrons. The van der Waals surface area contributed by atoms with Gasteiger partial charge in [-0.15, -0.1) is 24.8 Å². The van der Waals surface area contributed by atoms with E-state index in [1.54, 1.807) is 0 Å². The van der Waals surface area contributed by atoms with Crippen LogP contribution in [-0.2, 0) is 0 Å². The first-order chi connectivity index (χ1) is 11.3. The zero-order chi connectivity index (χ0) is 17.8. The van der Waals surface area contributed by atoms with Crippen molar-refractivity contribution in [2.24, 2.45) is 20.2 Å². The molecule has 0 atom stereocenters. The Morgan fingerprint density at radius 3 is 1.46 bits per heavy atom. The highest BCUT2D eigenvalue weighted by molar-refractivity contribution is 5.93. The van der Waals surface area contributed by atoms with Gasteiger partial charge in [-0.1, -0.05) is 0 Å². The second kappa shape index (κ2) is 10.4. The predicted octanol–water partition coefficient (Wildman–Crippen LogP) is 1.25. The minimum absolute atomic E-state index is 0. The van der Waals surface area contributed by atoms with Crippen molar-refractivity contribution in [3.8, 4) is 0 Å². The lowest BCUT2D eigenvalue weighted by atomic mass is 10.0. The van der Waals surface area contributed by atoms with E-state index in [-0.39, 0.29) is 38.0 Å². The third-order valence-corrected chi connectivity index (χ3v) is 4.25. The first-order valence-corrected chi connectivity index (χ1v) is 8.57. The van der Waals surface area contributed by atoms with Crippen LogP contribution in [0.1, 0.15) is 27.7 Å². The lowest BCUT2D eigenvalue weighted by Gasteiger charge is -2.31. The molecule has 0 aliphatic carbocycles. The molecule has 0 fully saturated rings. The Balaban J connectivity index is 0.00000312. The van der Waals surface area contributed by atoms with Gasteiger partial charge in [-0.05, 0) is 27.7 Å². The highest BCUT2D eigenvalue weighted by atomic mass is 35.5. The number of azo groups is 1. The van der Waals surface area contributed by atoms with Crippen LogP contribution in [0.25, 0.3) is 0 Å². The van der Waals surface area contributed by atoms with Crippen LogP contribution >= 0.6 is 24.8 Å². The summed E-state index contributed by atoms with van der Waals surface area (Å²) in [6.07, 6.45) is 0. The fraction of sp³-hybridized carbons (Fsp3) is 0.875. The third-order valence-electron chi connectivity index (χ3n) is 4.25. The Bertz CT molecular complexity index is 491. The molecule has 0 aromatic rings. The van der Waals surface area contributed by atoms with Crippen LogP contribution in [0.4, 0.5) is 0 Å². The summed E-state index contributed by atoms with van der Waals surface area (Å²) in [5.41, 5.74) is -1.10. The monoisotopic (exact) mass is 410 g/mol. The molecule has 10 heteroatoms. The van der Waals surface area contributed by atoms with Crippen LogP contribution in [0.5, 0.6) is 0 Å². The van der Waals surface area contributed by atoms with Gasteiger partial charge in [-0.2, -0.15) is 10.2 Å². The number of hydrogen-bond acceptors (Lipinski definition) is 8. The number of β-amino-alcohol motifs (C(OH)–C–C–N with tert-alkyl or cyclic N) is 2. The average molecular weight is 411 g/mol. The van der Waals surface area contributed by atoms with Crippen LogP contribution in [-0.4, -0.2) is 95.2 Å². The van der Waals surface area contributed by atoms with Crippen molar-refractivity contribution in [2.45, 2.75) is 38.8 Å². The van der Waals surface area contributed by atoms with E-state index >= 15 is 0 Å². The number of aliphatic hydroxyl groups is 2. The summed E-state index contributed by atoms with van der Waals surface area (Å²) in [4.78, 5) is 13.2. The van der Waals surface area contributed by atoms with Crippen LogP contribution < -0.4 is 0 Å². The van der Waals surface area contributed by atoms with Crippen molar-refractivity contribution in [3.63, 3.8) is 0 Å². The Morgan fingerprint density at radius 2 is 1.15 bits per heavy atom. The molecule has 2 aliphatic heterocycles. The van der Waals surface area contributed by atoms with E-state index in [0.29, 0.717) is 13.1 Å². The first kappa shape index (κ1) is 25.0. The summed E-state index contributed by atoms with van der Waals surface area (Å²) >= 11 is 0. The number of aliphatic hydroxyl groups excluding tert-OH is 2. The molecule has 152 valence electrons. The number of nitrogens with zero attached hydrogens (tertiary/aromatic N) is 6. The minimum Gasteiger partial charge on any atom is -0.395 e. The van der Waals surface area contributed by atoms with Crippen molar-refractivity contribution in [3.05, 3.63) is 0 Å². The van der Waals surface area contributed by atoms with E-state index in [1.807, 2.05) is 27.7 Å². The Morgan fingerprint density at radius 1 is 0.808 bits per heavy atom. The first-order valence-electron chi connectivity index (χ1n) is 8.57. The number of rotatable bonds is 8. The van der Waals surface area contributed by atoms with Crippen molar-refractivity contribution >= 4 is 36.5 Å². The Labute approximate surface area is 168 Å². The van der Waals surface area contributed by atoms with Gasteiger partial charge in [0.25, 0.3) is 0 Å². The number of amidine groups is 2. The van der Waals surface area contributed by atoms with E-state index < -0.39 is 11.1 Å². The molecule has 2 rings (SSSR count). The average Bonchev–Trinajstić information content (AvgIpc) is 3.16. The molecule has 0 spiro atoms. The fourth-order valence-corrected chi connectivity index (χ4v) is 3.14. The Hall–Kier alpha value is -0.960. The molecule has 0 bridgehead atoms. The fourth-order valence-electron chi connectivity index (χ4n) is 3.14. The maximum absolute atomic E-state index is 9.20. The largest absolute Gasteiger partial charge is 0.395 e. The van der Waals surface area contributed by atoms with Gasteiger partial charge in [-0.3, -0.25) is 9.98 Å². The molecule has 8 nitrogen and oxygen atoms in total. The highest BCUT2D eigenvalue weighted by Gasteiger charge is 2.36. The molecule has 0 aromatic carbocycles. The van der Waals surface area contributed by atoms with Crippen molar-refractivity contribution in [1.29, 1.82) is 0 Å². The summed E-state index contributed by atoms with van der Waals surface area (Å²) in [6.45, 7) is 12.4. The smallest absolute Gasteiger partial charge is 0.133 e. The van der Waals surface area contributed by atoms with E-state index in [0.717, 1.165) is 37.9 Å². The van der Waals surface area contributed by atoms with Crippen molar-refractivity contribution in [1.82, 2.24) is 9.80 Å². The summed E-state index contributed by atoms with van der Waals surface area (Å²) in [7, 11) is 0. The van der Waals surface area contributed by atoms with Crippen LogP contribution in [0.15, 0.2) is 20.2 Å². The maximum Gasteiger partial charge on any atom is 0.133 e.